The number of hydrogen-bond donors (Lipinski definition) is 0. The van der Waals surface area contributed by atoms with Crippen LogP contribution in [0.2, 0.25) is 0 Å². The highest BCUT2D eigenvalue weighted by molar-refractivity contribution is 5.82. The van der Waals surface area contributed by atoms with E-state index in [1.807, 2.05) is 41.2 Å². The molecule has 2 aromatic heterocycles. The Kier molecular flexibility index (Phi) is 4.86. The molecule has 5 rings (SSSR count). The second-order valence-electron chi connectivity index (χ2n) is 7.41. The fraction of sp³-hybridized carbons (Fsp3) is 0.250. The molecule has 2 aromatic carbocycles. The van der Waals surface area contributed by atoms with E-state index < -0.39 is 0 Å². The fourth-order valence-corrected chi connectivity index (χ4v) is 4.22. The number of ether oxygens (including phenoxy) is 3. The van der Waals surface area contributed by atoms with Crippen molar-refractivity contribution in [2.75, 3.05) is 21.3 Å². The van der Waals surface area contributed by atoms with Crippen LogP contribution >= 0.6 is 0 Å². The van der Waals surface area contributed by atoms with Gasteiger partial charge in [-0.3, -0.25) is 4.68 Å². The maximum absolute atomic E-state index is 5.65. The summed E-state index contributed by atoms with van der Waals surface area (Å²) in [5.74, 6) is 2.64. The highest BCUT2D eigenvalue weighted by atomic mass is 16.5. The molecular formula is C24H23N3O4. The molecule has 0 unspecified atom stereocenters. The summed E-state index contributed by atoms with van der Waals surface area (Å²) in [5.41, 5.74) is 6.24. The zero-order valence-corrected chi connectivity index (χ0v) is 17.7. The molecule has 0 atom stereocenters. The maximum Gasteiger partial charge on any atom is 0.203 e. The molecule has 0 aliphatic heterocycles. The Balaban J connectivity index is 1.64. The normalized spacial score (nSPS) is 12.2. The summed E-state index contributed by atoms with van der Waals surface area (Å²) < 4.78 is 24.2. The van der Waals surface area contributed by atoms with Gasteiger partial charge in [-0.25, -0.2) is 0 Å². The first-order valence-corrected chi connectivity index (χ1v) is 10.1. The van der Waals surface area contributed by atoms with Gasteiger partial charge in [0.25, 0.3) is 0 Å². The van der Waals surface area contributed by atoms with E-state index in [1.165, 1.54) is 0 Å². The fourth-order valence-electron chi connectivity index (χ4n) is 4.22. The number of methoxy groups -OCH3 is 3. The van der Waals surface area contributed by atoms with E-state index >= 15 is 0 Å². The van der Waals surface area contributed by atoms with Crippen LogP contribution in [0.25, 0.3) is 22.6 Å². The number of aryl methyl sites for hydroxylation is 1. The van der Waals surface area contributed by atoms with Crippen LogP contribution in [0.3, 0.4) is 0 Å². The summed E-state index contributed by atoms with van der Waals surface area (Å²) >= 11 is 0. The van der Waals surface area contributed by atoms with Gasteiger partial charge in [-0.05, 0) is 30.5 Å². The molecule has 0 fully saturated rings. The monoisotopic (exact) mass is 417 g/mol. The molecule has 31 heavy (non-hydrogen) atoms. The van der Waals surface area contributed by atoms with Crippen molar-refractivity contribution in [2.24, 2.45) is 0 Å². The van der Waals surface area contributed by atoms with Crippen LogP contribution in [0.1, 0.15) is 16.8 Å². The molecule has 7 heteroatoms. The largest absolute Gasteiger partial charge is 0.493 e. The first-order valence-electron chi connectivity index (χ1n) is 10.1. The molecule has 7 nitrogen and oxygen atoms in total. The van der Waals surface area contributed by atoms with Crippen molar-refractivity contribution >= 4 is 0 Å². The van der Waals surface area contributed by atoms with Gasteiger partial charge in [-0.15, -0.1) is 0 Å². The molecule has 2 heterocycles. The minimum absolute atomic E-state index is 0.565. The zero-order chi connectivity index (χ0) is 21.4. The lowest BCUT2D eigenvalue weighted by atomic mass is 9.93. The predicted molar refractivity (Wildman–Crippen MR) is 116 cm³/mol. The molecule has 0 saturated carbocycles. The van der Waals surface area contributed by atoms with E-state index in [-0.39, 0.29) is 0 Å². The minimum Gasteiger partial charge on any atom is -0.493 e. The molecule has 0 amide bonds. The lowest BCUT2D eigenvalue weighted by Gasteiger charge is -2.16. The lowest BCUT2D eigenvalue weighted by molar-refractivity contribution is 0.323. The molecule has 1 aliphatic carbocycles. The summed E-state index contributed by atoms with van der Waals surface area (Å²) in [7, 11) is 4.84. The van der Waals surface area contributed by atoms with Crippen LogP contribution in [-0.4, -0.2) is 36.3 Å². The van der Waals surface area contributed by atoms with Crippen LogP contribution in [0.4, 0.5) is 0 Å². The Hall–Kier alpha value is -3.74. The van der Waals surface area contributed by atoms with Gasteiger partial charge in [0, 0.05) is 11.1 Å². The SMILES string of the molecule is COc1cc(Cn2nc(-c3ccccc3)c3c2CCc2cnoc2-3)cc(OC)c1OC. The number of fused-ring (bicyclic) bond motifs is 3. The molecule has 0 spiro atoms. The van der Waals surface area contributed by atoms with Crippen LogP contribution < -0.4 is 14.2 Å². The molecule has 0 radical (unpaired) electrons. The van der Waals surface area contributed by atoms with E-state index in [2.05, 4.69) is 17.3 Å². The van der Waals surface area contributed by atoms with Gasteiger partial charge in [0.05, 0.1) is 45.3 Å². The molecule has 0 N–H and O–H groups in total. The van der Waals surface area contributed by atoms with Gasteiger partial charge >= 0.3 is 0 Å². The van der Waals surface area contributed by atoms with Gasteiger partial charge in [-0.2, -0.15) is 5.10 Å². The molecule has 158 valence electrons. The summed E-state index contributed by atoms with van der Waals surface area (Å²) in [5, 5.41) is 9.04. The van der Waals surface area contributed by atoms with Crippen molar-refractivity contribution < 1.29 is 18.7 Å². The average molecular weight is 417 g/mol. The molecule has 4 aromatic rings. The minimum atomic E-state index is 0.565. The number of benzene rings is 2. The van der Waals surface area contributed by atoms with Crippen molar-refractivity contribution in [3.8, 4) is 39.8 Å². The Morgan fingerprint density at radius 1 is 0.968 bits per heavy atom. The van der Waals surface area contributed by atoms with Crippen LogP contribution in [0, 0.1) is 0 Å². The number of nitrogens with zero attached hydrogens (tertiary/aromatic N) is 3. The van der Waals surface area contributed by atoms with Crippen LogP contribution in [-0.2, 0) is 19.4 Å². The highest BCUT2D eigenvalue weighted by Gasteiger charge is 2.29. The van der Waals surface area contributed by atoms with Gasteiger partial charge < -0.3 is 18.7 Å². The third-order valence-corrected chi connectivity index (χ3v) is 5.66. The Morgan fingerprint density at radius 3 is 2.39 bits per heavy atom. The highest BCUT2D eigenvalue weighted by Crippen LogP contribution is 2.42. The Morgan fingerprint density at radius 2 is 1.71 bits per heavy atom. The first kappa shape index (κ1) is 19.2. The second-order valence-corrected chi connectivity index (χ2v) is 7.41. The topological polar surface area (TPSA) is 71.5 Å². The van der Waals surface area contributed by atoms with Crippen LogP contribution in [0.5, 0.6) is 17.2 Å². The summed E-state index contributed by atoms with van der Waals surface area (Å²) in [4.78, 5) is 0. The quantitative estimate of drug-likeness (QED) is 0.464. The van der Waals surface area contributed by atoms with Crippen LogP contribution in [0.15, 0.2) is 53.2 Å². The smallest absolute Gasteiger partial charge is 0.203 e. The van der Waals surface area contributed by atoms with Gasteiger partial charge in [0.15, 0.2) is 17.3 Å². The molecular weight excluding hydrogens is 394 g/mol. The second kappa shape index (κ2) is 7.83. The zero-order valence-electron chi connectivity index (χ0n) is 17.7. The third-order valence-electron chi connectivity index (χ3n) is 5.66. The molecule has 1 aliphatic rings. The van der Waals surface area contributed by atoms with Gasteiger partial charge in [0.2, 0.25) is 5.75 Å². The average Bonchev–Trinajstić information content (AvgIpc) is 3.43. The van der Waals surface area contributed by atoms with Crippen molar-refractivity contribution in [3.05, 3.63) is 65.5 Å². The van der Waals surface area contributed by atoms with E-state index in [9.17, 15) is 0 Å². The lowest BCUT2D eigenvalue weighted by Crippen LogP contribution is -2.10. The van der Waals surface area contributed by atoms with E-state index in [0.29, 0.717) is 23.8 Å². The molecule has 0 bridgehead atoms. The van der Waals surface area contributed by atoms with E-state index in [0.717, 1.165) is 52.2 Å². The van der Waals surface area contributed by atoms with Crippen molar-refractivity contribution in [3.63, 3.8) is 0 Å². The summed E-state index contributed by atoms with van der Waals surface area (Å²) in [6, 6.07) is 14.1. The van der Waals surface area contributed by atoms with E-state index in [1.54, 1.807) is 21.3 Å². The summed E-state index contributed by atoms with van der Waals surface area (Å²) in [6.07, 6.45) is 3.55. The third kappa shape index (κ3) is 3.22. The molecule has 0 saturated heterocycles. The van der Waals surface area contributed by atoms with Crippen molar-refractivity contribution in [1.82, 2.24) is 14.9 Å². The van der Waals surface area contributed by atoms with Gasteiger partial charge in [-0.1, -0.05) is 35.5 Å². The Labute approximate surface area is 180 Å². The number of rotatable bonds is 6. The summed E-state index contributed by atoms with van der Waals surface area (Å²) in [6.45, 7) is 0.565. The number of aromatic nitrogens is 3. The Bertz CT molecular complexity index is 1200. The number of hydrogen-bond acceptors (Lipinski definition) is 6. The standard InChI is InChI=1S/C24H23N3O4/c1-28-19-11-15(12-20(29-2)24(19)30-3)14-27-18-10-9-17-13-25-31-23(17)21(18)22(26-27)16-7-5-4-6-8-16/h4-8,11-13H,9-10,14H2,1-3H3. The maximum atomic E-state index is 5.65. The van der Waals surface area contributed by atoms with Crippen molar-refractivity contribution in [2.45, 2.75) is 19.4 Å². The predicted octanol–water partition coefficient (Wildman–Crippen LogP) is 4.38. The van der Waals surface area contributed by atoms with Gasteiger partial charge in [0.1, 0.15) is 5.69 Å². The van der Waals surface area contributed by atoms with Crippen molar-refractivity contribution in [1.29, 1.82) is 0 Å². The van der Waals surface area contributed by atoms with E-state index in [4.69, 9.17) is 23.8 Å². The first-order chi connectivity index (χ1) is 15.2.